The number of hydrogen-bond donors (Lipinski definition) is 2. The monoisotopic (exact) mass is 285 g/mol. The van der Waals surface area contributed by atoms with Gasteiger partial charge >= 0.3 is 5.97 Å². The molecule has 106 valence electrons. The fourth-order valence-electron chi connectivity index (χ4n) is 2.47. The van der Waals surface area contributed by atoms with Gasteiger partial charge in [-0.1, -0.05) is 24.3 Å². The third-order valence-corrected chi connectivity index (χ3v) is 3.64. The first-order chi connectivity index (χ1) is 10.1. The first-order valence-corrected chi connectivity index (χ1v) is 6.48. The Labute approximate surface area is 120 Å². The molecule has 5 heteroatoms. The Balaban J connectivity index is 1.80. The maximum Gasteiger partial charge on any atom is 0.335 e. The fraction of sp³-hybridized carbons (Fsp3) is 0.125. The van der Waals surface area contributed by atoms with Gasteiger partial charge in [-0.3, -0.25) is 4.79 Å². The molecule has 4 nitrogen and oxygen atoms in total. The molecule has 0 aromatic heterocycles. The third-order valence-electron chi connectivity index (χ3n) is 3.64. The van der Waals surface area contributed by atoms with Gasteiger partial charge < -0.3 is 10.4 Å². The second-order valence-electron chi connectivity index (χ2n) is 4.94. The van der Waals surface area contributed by atoms with Crippen LogP contribution in [0, 0.1) is 5.82 Å². The number of benzene rings is 2. The van der Waals surface area contributed by atoms with Gasteiger partial charge in [-0.05, 0) is 35.7 Å². The van der Waals surface area contributed by atoms with Crippen LogP contribution in [0.25, 0.3) is 0 Å². The lowest BCUT2D eigenvalue weighted by Crippen LogP contribution is -2.30. The van der Waals surface area contributed by atoms with Crippen LogP contribution in [-0.4, -0.2) is 17.0 Å². The normalized spacial score (nSPS) is 15.8. The second kappa shape index (κ2) is 5.01. The number of amides is 1. The Kier molecular flexibility index (Phi) is 3.17. The summed E-state index contributed by atoms with van der Waals surface area (Å²) in [7, 11) is 0. The topological polar surface area (TPSA) is 66.4 Å². The summed E-state index contributed by atoms with van der Waals surface area (Å²) in [6.45, 7) is 0. The van der Waals surface area contributed by atoms with Crippen molar-refractivity contribution < 1.29 is 19.1 Å². The van der Waals surface area contributed by atoms with Crippen LogP contribution < -0.4 is 5.32 Å². The van der Waals surface area contributed by atoms with E-state index in [0.29, 0.717) is 6.42 Å². The number of aromatic carboxylic acids is 1. The van der Waals surface area contributed by atoms with Gasteiger partial charge in [0, 0.05) is 0 Å². The fourth-order valence-corrected chi connectivity index (χ4v) is 2.47. The zero-order valence-corrected chi connectivity index (χ0v) is 11.0. The average molecular weight is 285 g/mol. The molecule has 1 unspecified atom stereocenters. The smallest absolute Gasteiger partial charge is 0.335 e. The molecular weight excluding hydrogens is 273 g/mol. The zero-order valence-electron chi connectivity index (χ0n) is 11.0. The molecule has 0 saturated carbocycles. The van der Waals surface area contributed by atoms with E-state index in [1.165, 1.54) is 0 Å². The summed E-state index contributed by atoms with van der Waals surface area (Å²) in [5.74, 6) is -2.45. The highest BCUT2D eigenvalue weighted by molar-refractivity contribution is 5.99. The summed E-state index contributed by atoms with van der Waals surface area (Å²) in [4.78, 5) is 23.0. The molecule has 0 saturated heterocycles. The molecule has 1 aliphatic rings. The van der Waals surface area contributed by atoms with Crippen molar-refractivity contribution in [3.63, 3.8) is 0 Å². The Morgan fingerprint density at radius 3 is 2.67 bits per heavy atom. The van der Waals surface area contributed by atoms with E-state index < -0.39 is 11.8 Å². The predicted octanol–water partition coefficient (Wildman–Crippen LogP) is 2.80. The standard InChI is InChI=1S/C16H12FNO3/c17-13-6-5-10(16(20)21)8-14(13)18-15(19)12-7-9-3-1-2-4-11(9)12/h1-6,8,12H,7H2,(H,18,19)(H,20,21). The molecule has 1 amide bonds. The van der Waals surface area contributed by atoms with E-state index in [1.54, 1.807) is 0 Å². The van der Waals surface area contributed by atoms with Crippen molar-refractivity contribution in [2.24, 2.45) is 0 Å². The van der Waals surface area contributed by atoms with Gasteiger partial charge in [0.2, 0.25) is 5.91 Å². The van der Waals surface area contributed by atoms with E-state index in [1.807, 2.05) is 24.3 Å². The lowest BCUT2D eigenvalue weighted by Gasteiger charge is -2.28. The van der Waals surface area contributed by atoms with Gasteiger partial charge in [0.25, 0.3) is 0 Å². The molecule has 0 spiro atoms. The van der Waals surface area contributed by atoms with Crippen LogP contribution in [0.1, 0.15) is 27.4 Å². The highest BCUT2D eigenvalue weighted by atomic mass is 19.1. The summed E-state index contributed by atoms with van der Waals surface area (Å²) < 4.78 is 13.7. The molecule has 2 N–H and O–H groups in total. The highest BCUT2D eigenvalue weighted by Gasteiger charge is 2.32. The van der Waals surface area contributed by atoms with Crippen molar-refractivity contribution in [3.8, 4) is 0 Å². The molecule has 3 rings (SSSR count). The Morgan fingerprint density at radius 2 is 1.95 bits per heavy atom. The van der Waals surface area contributed by atoms with Crippen molar-refractivity contribution in [2.75, 3.05) is 5.32 Å². The second-order valence-corrected chi connectivity index (χ2v) is 4.94. The first-order valence-electron chi connectivity index (χ1n) is 6.48. The minimum Gasteiger partial charge on any atom is -0.478 e. The molecule has 21 heavy (non-hydrogen) atoms. The van der Waals surface area contributed by atoms with Crippen LogP contribution in [0.4, 0.5) is 10.1 Å². The molecule has 0 heterocycles. The molecule has 1 atom stereocenters. The number of carbonyl (C=O) groups is 2. The zero-order chi connectivity index (χ0) is 15.0. The number of carboxylic acid groups (broad SMARTS) is 1. The van der Waals surface area contributed by atoms with Crippen molar-refractivity contribution >= 4 is 17.6 Å². The maximum atomic E-state index is 13.7. The molecule has 0 aliphatic heterocycles. The van der Waals surface area contributed by atoms with Crippen molar-refractivity contribution in [1.82, 2.24) is 0 Å². The van der Waals surface area contributed by atoms with Crippen molar-refractivity contribution in [1.29, 1.82) is 0 Å². The Morgan fingerprint density at radius 1 is 1.19 bits per heavy atom. The third kappa shape index (κ3) is 2.38. The number of anilines is 1. The average Bonchev–Trinajstić information content (AvgIpc) is 2.42. The number of rotatable bonds is 3. The van der Waals surface area contributed by atoms with Crippen LogP contribution in [-0.2, 0) is 11.2 Å². The van der Waals surface area contributed by atoms with Gasteiger partial charge in [0.1, 0.15) is 5.82 Å². The maximum absolute atomic E-state index is 13.7. The molecule has 0 radical (unpaired) electrons. The van der Waals surface area contributed by atoms with E-state index in [2.05, 4.69) is 5.32 Å². The Hall–Kier alpha value is -2.69. The summed E-state index contributed by atoms with van der Waals surface area (Å²) >= 11 is 0. The molecule has 2 aromatic carbocycles. The van der Waals surface area contributed by atoms with Crippen LogP contribution in [0.3, 0.4) is 0 Å². The van der Waals surface area contributed by atoms with Crippen LogP contribution >= 0.6 is 0 Å². The number of hydrogen-bond acceptors (Lipinski definition) is 2. The van der Waals surface area contributed by atoms with E-state index >= 15 is 0 Å². The molecule has 0 fully saturated rings. The van der Waals surface area contributed by atoms with Gasteiger partial charge in [0.15, 0.2) is 0 Å². The Bertz CT molecular complexity index is 742. The van der Waals surface area contributed by atoms with Gasteiger partial charge in [-0.25, -0.2) is 9.18 Å². The lowest BCUT2D eigenvalue weighted by molar-refractivity contribution is -0.118. The van der Waals surface area contributed by atoms with Crippen LogP contribution in [0.2, 0.25) is 0 Å². The molecule has 1 aliphatic carbocycles. The number of fused-ring (bicyclic) bond motifs is 1. The number of nitrogens with one attached hydrogen (secondary N) is 1. The minimum atomic E-state index is -1.17. The van der Waals surface area contributed by atoms with Gasteiger partial charge in [0.05, 0.1) is 17.2 Å². The largest absolute Gasteiger partial charge is 0.478 e. The molecule has 0 bridgehead atoms. The van der Waals surface area contributed by atoms with E-state index in [0.717, 1.165) is 29.3 Å². The SMILES string of the molecule is O=C(O)c1ccc(F)c(NC(=O)C2Cc3ccccc32)c1. The number of halogens is 1. The molecular formula is C16H12FNO3. The van der Waals surface area contributed by atoms with Crippen molar-refractivity contribution in [2.45, 2.75) is 12.3 Å². The van der Waals surface area contributed by atoms with Gasteiger partial charge in [-0.2, -0.15) is 0 Å². The quantitative estimate of drug-likeness (QED) is 0.911. The lowest BCUT2D eigenvalue weighted by atomic mass is 9.77. The number of carboxylic acids is 1. The predicted molar refractivity (Wildman–Crippen MR) is 74.9 cm³/mol. The number of carbonyl (C=O) groups excluding carboxylic acids is 1. The first kappa shape index (κ1) is 13.3. The van der Waals surface area contributed by atoms with E-state index in [4.69, 9.17) is 5.11 Å². The van der Waals surface area contributed by atoms with Gasteiger partial charge in [-0.15, -0.1) is 0 Å². The van der Waals surface area contributed by atoms with Crippen LogP contribution in [0.5, 0.6) is 0 Å². The van der Waals surface area contributed by atoms with E-state index in [-0.39, 0.29) is 23.1 Å². The summed E-state index contributed by atoms with van der Waals surface area (Å²) in [6, 6.07) is 10.9. The molecule has 2 aromatic rings. The summed E-state index contributed by atoms with van der Waals surface area (Å²) in [6.07, 6.45) is 0.613. The van der Waals surface area contributed by atoms with E-state index in [9.17, 15) is 14.0 Å². The minimum absolute atomic E-state index is 0.0688. The summed E-state index contributed by atoms with van der Waals surface area (Å²) in [5.41, 5.74) is 1.87. The summed E-state index contributed by atoms with van der Waals surface area (Å²) in [5, 5.41) is 11.4. The van der Waals surface area contributed by atoms with Crippen molar-refractivity contribution in [3.05, 3.63) is 65.0 Å². The highest BCUT2D eigenvalue weighted by Crippen LogP contribution is 2.35. The van der Waals surface area contributed by atoms with Crippen LogP contribution in [0.15, 0.2) is 42.5 Å².